The van der Waals surface area contributed by atoms with Gasteiger partial charge in [-0.25, -0.2) is 4.98 Å². The first kappa shape index (κ1) is 6.54. The standard InChI is InChI=1S/C7H7N3S/c1-5-4-8-7(11-5)6-2-3-9-10-6/h2-4H,1H3,(H,9,10). The zero-order valence-electron chi connectivity index (χ0n) is 6.03. The van der Waals surface area contributed by atoms with Crippen molar-refractivity contribution in [2.45, 2.75) is 6.92 Å². The average molecular weight is 165 g/mol. The summed E-state index contributed by atoms with van der Waals surface area (Å²) in [5.41, 5.74) is 0.989. The normalized spacial score (nSPS) is 10.3. The van der Waals surface area contributed by atoms with E-state index in [0.717, 1.165) is 10.7 Å². The monoisotopic (exact) mass is 165 g/mol. The Labute approximate surface area is 68.1 Å². The molecule has 2 rings (SSSR count). The Hall–Kier alpha value is -1.16. The van der Waals surface area contributed by atoms with Gasteiger partial charge in [0.15, 0.2) is 0 Å². The molecule has 0 amide bonds. The summed E-state index contributed by atoms with van der Waals surface area (Å²) >= 11 is 1.66. The minimum atomic E-state index is 0.989. The number of thiazole rings is 1. The van der Waals surface area contributed by atoms with Crippen molar-refractivity contribution in [3.63, 3.8) is 0 Å². The molecule has 11 heavy (non-hydrogen) atoms. The number of nitrogens with one attached hydrogen (secondary N) is 1. The molecule has 2 aromatic rings. The average Bonchev–Trinajstić information content (AvgIpc) is 2.55. The van der Waals surface area contributed by atoms with Crippen LogP contribution in [0.4, 0.5) is 0 Å². The second-order valence-corrected chi connectivity index (χ2v) is 3.48. The van der Waals surface area contributed by atoms with Gasteiger partial charge >= 0.3 is 0 Å². The molecule has 1 N–H and O–H groups in total. The Morgan fingerprint density at radius 2 is 2.45 bits per heavy atom. The van der Waals surface area contributed by atoms with Gasteiger partial charge in [0.2, 0.25) is 0 Å². The van der Waals surface area contributed by atoms with E-state index in [-0.39, 0.29) is 0 Å². The number of aryl methyl sites for hydroxylation is 1. The molecule has 0 unspecified atom stereocenters. The minimum absolute atomic E-state index is 0.989. The second kappa shape index (κ2) is 2.47. The van der Waals surface area contributed by atoms with E-state index in [0.29, 0.717) is 0 Å². The van der Waals surface area contributed by atoms with Gasteiger partial charge in [-0.2, -0.15) is 5.10 Å². The molecule has 0 aliphatic carbocycles. The lowest BCUT2D eigenvalue weighted by Crippen LogP contribution is -1.73. The molecule has 0 spiro atoms. The quantitative estimate of drug-likeness (QED) is 0.700. The Bertz CT molecular complexity index is 336. The van der Waals surface area contributed by atoms with Crippen LogP contribution in [0.1, 0.15) is 4.88 Å². The van der Waals surface area contributed by atoms with E-state index in [1.807, 2.05) is 19.2 Å². The third-order valence-electron chi connectivity index (χ3n) is 1.35. The van der Waals surface area contributed by atoms with Crippen LogP contribution >= 0.6 is 11.3 Å². The number of rotatable bonds is 1. The van der Waals surface area contributed by atoms with Crippen molar-refractivity contribution in [1.82, 2.24) is 15.2 Å². The van der Waals surface area contributed by atoms with Crippen molar-refractivity contribution >= 4 is 11.3 Å². The molecule has 0 saturated heterocycles. The number of H-pyrrole nitrogens is 1. The van der Waals surface area contributed by atoms with Crippen LogP contribution in [0.2, 0.25) is 0 Å². The van der Waals surface area contributed by atoms with Crippen molar-refractivity contribution < 1.29 is 0 Å². The summed E-state index contributed by atoms with van der Waals surface area (Å²) < 4.78 is 0. The second-order valence-electron chi connectivity index (χ2n) is 2.25. The summed E-state index contributed by atoms with van der Waals surface area (Å²) in [5.74, 6) is 0. The summed E-state index contributed by atoms with van der Waals surface area (Å²) in [5, 5.41) is 7.71. The van der Waals surface area contributed by atoms with E-state index >= 15 is 0 Å². The van der Waals surface area contributed by atoms with Crippen molar-refractivity contribution in [2.75, 3.05) is 0 Å². The Balaban J connectivity index is 2.45. The van der Waals surface area contributed by atoms with E-state index in [1.54, 1.807) is 17.5 Å². The molecule has 0 aliphatic heterocycles. The highest BCUT2D eigenvalue weighted by atomic mass is 32.1. The SMILES string of the molecule is Cc1cnc(-c2ccn[nH]2)s1. The molecule has 0 aliphatic rings. The molecule has 0 fully saturated rings. The number of nitrogens with zero attached hydrogens (tertiary/aromatic N) is 2. The predicted octanol–water partition coefficient (Wildman–Crippen LogP) is 1.84. The summed E-state index contributed by atoms with van der Waals surface area (Å²) in [6.45, 7) is 2.04. The molecule has 0 radical (unpaired) electrons. The number of aromatic amines is 1. The summed E-state index contributed by atoms with van der Waals surface area (Å²) in [6, 6.07) is 1.91. The van der Waals surface area contributed by atoms with E-state index < -0.39 is 0 Å². The van der Waals surface area contributed by atoms with Crippen LogP contribution < -0.4 is 0 Å². The van der Waals surface area contributed by atoms with Gasteiger partial charge in [0.1, 0.15) is 5.01 Å². The molecule has 4 heteroatoms. The third-order valence-corrected chi connectivity index (χ3v) is 2.30. The van der Waals surface area contributed by atoms with Crippen LogP contribution in [0.3, 0.4) is 0 Å². The van der Waals surface area contributed by atoms with Crippen LogP contribution in [0, 0.1) is 6.92 Å². The lowest BCUT2D eigenvalue weighted by atomic mass is 10.5. The summed E-state index contributed by atoms with van der Waals surface area (Å²) in [6.07, 6.45) is 3.59. The zero-order valence-corrected chi connectivity index (χ0v) is 6.85. The van der Waals surface area contributed by atoms with E-state index in [9.17, 15) is 0 Å². The van der Waals surface area contributed by atoms with Crippen molar-refractivity contribution in [3.05, 3.63) is 23.3 Å². The Morgan fingerprint density at radius 3 is 3.00 bits per heavy atom. The maximum absolute atomic E-state index is 4.21. The van der Waals surface area contributed by atoms with Gasteiger partial charge < -0.3 is 0 Å². The van der Waals surface area contributed by atoms with Crippen LogP contribution in [-0.4, -0.2) is 15.2 Å². The topological polar surface area (TPSA) is 41.6 Å². The molecule has 3 nitrogen and oxygen atoms in total. The molecular formula is C7H7N3S. The maximum atomic E-state index is 4.21. The van der Waals surface area contributed by atoms with E-state index in [2.05, 4.69) is 15.2 Å². The smallest absolute Gasteiger partial charge is 0.141 e. The Morgan fingerprint density at radius 1 is 1.55 bits per heavy atom. The van der Waals surface area contributed by atoms with Crippen LogP contribution in [0.15, 0.2) is 18.5 Å². The fourth-order valence-electron chi connectivity index (χ4n) is 0.854. The summed E-state index contributed by atoms with van der Waals surface area (Å²) in [7, 11) is 0. The molecule has 56 valence electrons. The first-order chi connectivity index (χ1) is 5.36. The van der Waals surface area contributed by atoms with Crippen molar-refractivity contribution in [2.24, 2.45) is 0 Å². The molecule has 0 atom stereocenters. The Kier molecular flexibility index (Phi) is 1.47. The molecule has 2 heterocycles. The van der Waals surface area contributed by atoms with Crippen molar-refractivity contribution in [3.8, 4) is 10.7 Å². The molecule has 2 aromatic heterocycles. The van der Waals surface area contributed by atoms with Crippen molar-refractivity contribution in [1.29, 1.82) is 0 Å². The van der Waals surface area contributed by atoms with Gasteiger partial charge in [0.25, 0.3) is 0 Å². The fraction of sp³-hybridized carbons (Fsp3) is 0.143. The highest BCUT2D eigenvalue weighted by Crippen LogP contribution is 2.21. The van der Waals surface area contributed by atoms with Crippen LogP contribution in [-0.2, 0) is 0 Å². The van der Waals surface area contributed by atoms with E-state index in [4.69, 9.17) is 0 Å². The number of hydrogen-bond donors (Lipinski definition) is 1. The third kappa shape index (κ3) is 1.17. The summed E-state index contributed by atoms with van der Waals surface area (Å²) in [4.78, 5) is 5.42. The predicted molar refractivity (Wildman–Crippen MR) is 44.4 cm³/mol. The van der Waals surface area contributed by atoms with Crippen LogP contribution in [0.25, 0.3) is 10.7 Å². The molecule has 0 aromatic carbocycles. The zero-order chi connectivity index (χ0) is 7.68. The highest BCUT2D eigenvalue weighted by Gasteiger charge is 2.01. The van der Waals surface area contributed by atoms with Gasteiger partial charge in [0, 0.05) is 17.3 Å². The lowest BCUT2D eigenvalue weighted by molar-refractivity contribution is 1.09. The largest absolute Gasteiger partial charge is 0.275 e. The molecule has 0 bridgehead atoms. The lowest BCUT2D eigenvalue weighted by Gasteiger charge is -1.84. The van der Waals surface area contributed by atoms with Gasteiger partial charge in [-0.3, -0.25) is 5.10 Å². The fourth-order valence-corrected chi connectivity index (χ4v) is 1.59. The van der Waals surface area contributed by atoms with Gasteiger partial charge in [0.05, 0.1) is 5.69 Å². The number of aromatic nitrogens is 3. The van der Waals surface area contributed by atoms with Gasteiger partial charge in [-0.15, -0.1) is 11.3 Å². The number of hydrogen-bond acceptors (Lipinski definition) is 3. The van der Waals surface area contributed by atoms with Gasteiger partial charge in [-0.05, 0) is 13.0 Å². The maximum Gasteiger partial charge on any atom is 0.141 e. The molecular weight excluding hydrogens is 158 g/mol. The molecule has 0 saturated carbocycles. The highest BCUT2D eigenvalue weighted by molar-refractivity contribution is 7.14. The first-order valence-electron chi connectivity index (χ1n) is 3.28. The van der Waals surface area contributed by atoms with E-state index in [1.165, 1.54) is 4.88 Å². The first-order valence-corrected chi connectivity index (χ1v) is 4.10. The van der Waals surface area contributed by atoms with Crippen LogP contribution in [0.5, 0.6) is 0 Å². The van der Waals surface area contributed by atoms with Gasteiger partial charge in [-0.1, -0.05) is 0 Å². The minimum Gasteiger partial charge on any atom is -0.275 e.